The molecular formula is C15H31N3O. The van der Waals surface area contributed by atoms with Crippen molar-refractivity contribution in [1.29, 1.82) is 0 Å². The van der Waals surface area contributed by atoms with Crippen molar-refractivity contribution in [2.24, 2.45) is 11.7 Å². The van der Waals surface area contributed by atoms with E-state index in [-0.39, 0.29) is 17.9 Å². The van der Waals surface area contributed by atoms with Crippen LogP contribution >= 0.6 is 0 Å². The lowest BCUT2D eigenvalue weighted by Gasteiger charge is -2.33. The van der Waals surface area contributed by atoms with Gasteiger partial charge in [-0.1, -0.05) is 33.6 Å². The average molecular weight is 269 g/mol. The molecule has 0 saturated carbocycles. The second-order valence-corrected chi connectivity index (χ2v) is 5.89. The van der Waals surface area contributed by atoms with Gasteiger partial charge in [0.05, 0.1) is 6.04 Å². The fourth-order valence-electron chi connectivity index (χ4n) is 2.49. The van der Waals surface area contributed by atoms with Crippen LogP contribution in [0.5, 0.6) is 0 Å². The molecule has 1 aliphatic rings. The van der Waals surface area contributed by atoms with Crippen molar-refractivity contribution in [3.8, 4) is 0 Å². The van der Waals surface area contributed by atoms with Crippen LogP contribution in [-0.2, 0) is 4.79 Å². The molecule has 1 heterocycles. The van der Waals surface area contributed by atoms with Gasteiger partial charge in [0.2, 0.25) is 5.91 Å². The molecule has 4 nitrogen and oxygen atoms in total. The Labute approximate surface area is 118 Å². The van der Waals surface area contributed by atoms with Gasteiger partial charge in [0.1, 0.15) is 0 Å². The summed E-state index contributed by atoms with van der Waals surface area (Å²) in [5, 5.41) is 3.12. The maximum atomic E-state index is 12.0. The molecule has 0 bridgehead atoms. The number of amides is 1. The lowest BCUT2D eigenvalue weighted by atomic mass is 9.98. The fourth-order valence-corrected chi connectivity index (χ4v) is 2.49. The van der Waals surface area contributed by atoms with Crippen LogP contribution in [0.1, 0.15) is 52.9 Å². The molecule has 0 spiro atoms. The van der Waals surface area contributed by atoms with E-state index in [2.05, 4.69) is 24.1 Å². The van der Waals surface area contributed by atoms with Crippen molar-refractivity contribution < 1.29 is 4.79 Å². The molecule has 112 valence electrons. The average Bonchev–Trinajstić information content (AvgIpc) is 2.44. The lowest BCUT2D eigenvalue weighted by molar-refractivity contribution is -0.124. The van der Waals surface area contributed by atoms with Crippen molar-refractivity contribution in [3.05, 3.63) is 0 Å². The number of piperidine rings is 1. The highest BCUT2D eigenvalue weighted by Crippen LogP contribution is 2.12. The van der Waals surface area contributed by atoms with Crippen LogP contribution in [0.15, 0.2) is 0 Å². The second kappa shape index (κ2) is 8.54. The van der Waals surface area contributed by atoms with E-state index in [1.807, 2.05) is 6.92 Å². The molecule has 3 N–H and O–H groups in total. The summed E-state index contributed by atoms with van der Waals surface area (Å²) in [6.07, 6.45) is 5.59. The molecule has 1 rings (SSSR count). The van der Waals surface area contributed by atoms with E-state index in [0.717, 1.165) is 32.4 Å². The summed E-state index contributed by atoms with van der Waals surface area (Å²) in [5.74, 6) is 0.283. The molecule has 1 fully saturated rings. The smallest absolute Gasteiger partial charge is 0.237 e. The number of hydrogen-bond acceptors (Lipinski definition) is 3. The van der Waals surface area contributed by atoms with Gasteiger partial charge in [-0.2, -0.15) is 0 Å². The Hall–Kier alpha value is -0.610. The van der Waals surface area contributed by atoms with Gasteiger partial charge in [-0.15, -0.1) is 0 Å². The first kappa shape index (κ1) is 16.4. The Morgan fingerprint density at radius 2 is 2.00 bits per heavy atom. The highest BCUT2D eigenvalue weighted by molar-refractivity contribution is 5.82. The first-order chi connectivity index (χ1) is 9.08. The third-order valence-electron chi connectivity index (χ3n) is 4.32. The molecule has 0 aromatic rings. The molecule has 1 saturated heterocycles. The monoisotopic (exact) mass is 269 g/mol. The van der Waals surface area contributed by atoms with Gasteiger partial charge in [-0.05, 0) is 31.7 Å². The molecule has 19 heavy (non-hydrogen) atoms. The molecule has 0 radical (unpaired) electrons. The number of rotatable bonds is 7. The molecule has 1 aliphatic heterocycles. The first-order valence-electron chi connectivity index (χ1n) is 7.86. The van der Waals surface area contributed by atoms with Gasteiger partial charge in [-0.25, -0.2) is 0 Å². The topological polar surface area (TPSA) is 58.4 Å². The van der Waals surface area contributed by atoms with Crippen molar-refractivity contribution in [2.45, 2.75) is 65.0 Å². The third kappa shape index (κ3) is 5.49. The van der Waals surface area contributed by atoms with E-state index in [0.29, 0.717) is 6.04 Å². The lowest BCUT2D eigenvalue weighted by Crippen LogP contribution is -2.51. The molecule has 1 amide bonds. The molecule has 0 aliphatic carbocycles. The number of carbonyl (C=O) groups excluding carboxylic acids is 1. The van der Waals surface area contributed by atoms with Gasteiger partial charge in [-0.3, -0.25) is 4.79 Å². The highest BCUT2D eigenvalue weighted by Gasteiger charge is 2.24. The summed E-state index contributed by atoms with van der Waals surface area (Å²) in [7, 11) is 0. The zero-order valence-corrected chi connectivity index (χ0v) is 12.8. The standard InChI is InChI=1S/C15H31N3O/c1-4-6-9-18-10-7-13(8-11-18)17-15(19)14(16)12(3)5-2/h12-14H,4-11,16H2,1-3H3,(H,17,19)/t12-,14-/m0/s1. The fraction of sp³-hybridized carbons (Fsp3) is 0.933. The highest BCUT2D eigenvalue weighted by atomic mass is 16.2. The number of carbonyl (C=O) groups is 1. The van der Waals surface area contributed by atoms with Crippen LogP contribution in [0.2, 0.25) is 0 Å². The third-order valence-corrected chi connectivity index (χ3v) is 4.32. The molecule has 0 aromatic carbocycles. The number of nitrogens with two attached hydrogens (primary N) is 1. The Morgan fingerprint density at radius 3 is 2.53 bits per heavy atom. The van der Waals surface area contributed by atoms with Gasteiger partial charge < -0.3 is 16.0 Å². The zero-order valence-electron chi connectivity index (χ0n) is 12.8. The minimum absolute atomic E-state index is 0.0290. The van der Waals surface area contributed by atoms with Crippen molar-refractivity contribution in [3.63, 3.8) is 0 Å². The number of hydrogen-bond donors (Lipinski definition) is 2. The predicted octanol–water partition coefficient (Wildman–Crippen LogP) is 1.74. The van der Waals surface area contributed by atoms with Crippen molar-refractivity contribution >= 4 is 5.91 Å². The SMILES string of the molecule is CCCCN1CCC(NC(=O)[C@@H](N)[C@@H](C)CC)CC1. The molecule has 4 heteroatoms. The molecule has 2 atom stereocenters. The van der Waals surface area contributed by atoms with Gasteiger partial charge in [0, 0.05) is 19.1 Å². The second-order valence-electron chi connectivity index (χ2n) is 5.89. The molecule has 0 aromatic heterocycles. The minimum Gasteiger partial charge on any atom is -0.352 e. The maximum Gasteiger partial charge on any atom is 0.237 e. The van der Waals surface area contributed by atoms with Crippen LogP contribution < -0.4 is 11.1 Å². The van der Waals surface area contributed by atoms with E-state index >= 15 is 0 Å². The van der Waals surface area contributed by atoms with Gasteiger partial charge in [0.25, 0.3) is 0 Å². The number of unbranched alkanes of at least 4 members (excludes halogenated alkanes) is 1. The van der Waals surface area contributed by atoms with E-state index in [4.69, 9.17) is 5.73 Å². The summed E-state index contributed by atoms with van der Waals surface area (Å²) >= 11 is 0. The van der Waals surface area contributed by atoms with Crippen LogP contribution in [0.3, 0.4) is 0 Å². The first-order valence-corrected chi connectivity index (χ1v) is 7.86. The largest absolute Gasteiger partial charge is 0.352 e. The van der Waals surface area contributed by atoms with Gasteiger partial charge in [0.15, 0.2) is 0 Å². The summed E-state index contributed by atoms with van der Waals surface area (Å²) in [4.78, 5) is 14.5. The van der Waals surface area contributed by atoms with E-state index in [1.54, 1.807) is 0 Å². The summed E-state index contributed by atoms with van der Waals surface area (Å²) in [6, 6.07) is -0.0383. The zero-order chi connectivity index (χ0) is 14.3. The van der Waals surface area contributed by atoms with Crippen LogP contribution in [-0.4, -0.2) is 42.5 Å². The summed E-state index contributed by atoms with van der Waals surface area (Å²) in [5.41, 5.74) is 5.96. The minimum atomic E-state index is -0.358. The van der Waals surface area contributed by atoms with Crippen LogP contribution in [0.4, 0.5) is 0 Å². The quantitative estimate of drug-likeness (QED) is 0.740. The van der Waals surface area contributed by atoms with E-state index in [9.17, 15) is 4.79 Å². The van der Waals surface area contributed by atoms with Crippen LogP contribution in [0, 0.1) is 5.92 Å². The van der Waals surface area contributed by atoms with E-state index in [1.165, 1.54) is 19.4 Å². The number of nitrogens with one attached hydrogen (secondary N) is 1. The summed E-state index contributed by atoms with van der Waals surface area (Å²) < 4.78 is 0. The number of likely N-dealkylation sites (tertiary alicyclic amines) is 1. The molecule has 0 unspecified atom stereocenters. The van der Waals surface area contributed by atoms with Gasteiger partial charge >= 0.3 is 0 Å². The maximum absolute atomic E-state index is 12.0. The predicted molar refractivity (Wildman–Crippen MR) is 79.9 cm³/mol. The normalized spacial score (nSPS) is 21.1. The van der Waals surface area contributed by atoms with E-state index < -0.39 is 0 Å². The Bertz CT molecular complexity index is 262. The number of nitrogens with zero attached hydrogens (tertiary/aromatic N) is 1. The summed E-state index contributed by atoms with van der Waals surface area (Å²) in [6.45, 7) is 9.74. The van der Waals surface area contributed by atoms with Crippen molar-refractivity contribution in [1.82, 2.24) is 10.2 Å². The Kier molecular flexibility index (Phi) is 7.39. The Morgan fingerprint density at radius 1 is 1.37 bits per heavy atom. The Balaban J connectivity index is 2.27. The molecular weight excluding hydrogens is 238 g/mol. The van der Waals surface area contributed by atoms with Crippen molar-refractivity contribution in [2.75, 3.05) is 19.6 Å². The van der Waals surface area contributed by atoms with Crippen LogP contribution in [0.25, 0.3) is 0 Å².